The average Bonchev–Trinajstić information content (AvgIpc) is 3.10. The van der Waals surface area contributed by atoms with Crippen LogP contribution in [0.4, 0.5) is 0 Å². The number of benzene rings is 2. The Kier molecular flexibility index (Phi) is 3.99. The molecule has 2 heterocycles. The summed E-state index contributed by atoms with van der Waals surface area (Å²) in [5.74, 6) is 0.819. The van der Waals surface area contributed by atoms with Gasteiger partial charge in [0, 0.05) is 12.6 Å². The molecule has 1 amide bonds. The number of rotatable bonds is 3. The van der Waals surface area contributed by atoms with Crippen LogP contribution in [0.5, 0.6) is 11.7 Å². The Hall–Kier alpha value is -3.05. The van der Waals surface area contributed by atoms with Crippen molar-refractivity contribution in [2.24, 2.45) is 0 Å². The number of carbonyl (C=O) groups excluding carboxylic acids is 1. The van der Waals surface area contributed by atoms with Gasteiger partial charge in [-0.25, -0.2) is 0 Å². The molecule has 0 unspecified atom stereocenters. The SMILES string of the molecule is O=C(c1ccc(Oc2ccccc2)o1)N1Cc2ccccc2[C@@H](O)C1. The summed E-state index contributed by atoms with van der Waals surface area (Å²) in [6, 6.07) is 20.0. The fourth-order valence-electron chi connectivity index (χ4n) is 2.99. The topological polar surface area (TPSA) is 62.9 Å². The molecular weight excluding hydrogens is 318 g/mol. The van der Waals surface area contributed by atoms with E-state index in [0.717, 1.165) is 11.1 Å². The van der Waals surface area contributed by atoms with Crippen LogP contribution in [0.15, 0.2) is 71.1 Å². The van der Waals surface area contributed by atoms with Crippen LogP contribution in [-0.4, -0.2) is 22.5 Å². The molecule has 2 aromatic carbocycles. The predicted molar refractivity (Wildman–Crippen MR) is 91.4 cm³/mol. The van der Waals surface area contributed by atoms with Crippen LogP contribution in [0, 0.1) is 0 Å². The monoisotopic (exact) mass is 335 g/mol. The number of furan rings is 1. The van der Waals surface area contributed by atoms with E-state index in [0.29, 0.717) is 12.3 Å². The van der Waals surface area contributed by atoms with Crippen molar-refractivity contribution < 1.29 is 19.1 Å². The van der Waals surface area contributed by atoms with Crippen LogP contribution in [0.3, 0.4) is 0 Å². The molecule has 3 aromatic rings. The molecule has 126 valence electrons. The van der Waals surface area contributed by atoms with Crippen molar-refractivity contribution in [3.8, 4) is 11.7 Å². The summed E-state index contributed by atoms with van der Waals surface area (Å²) >= 11 is 0. The third-order valence-electron chi connectivity index (χ3n) is 4.21. The molecule has 1 aromatic heterocycles. The van der Waals surface area contributed by atoms with Gasteiger partial charge in [-0.2, -0.15) is 0 Å². The van der Waals surface area contributed by atoms with E-state index < -0.39 is 6.10 Å². The maximum atomic E-state index is 12.7. The van der Waals surface area contributed by atoms with Gasteiger partial charge in [0.05, 0.1) is 12.6 Å². The number of hydrogen-bond donors (Lipinski definition) is 1. The van der Waals surface area contributed by atoms with E-state index in [1.54, 1.807) is 17.0 Å². The second-order valence-electron chi connectivity index (χ2n) is 5.93. The number of fused-ring (bicyclic) bond motifs is 1. The Bertz CT molecular complexity index is 887. The van der Waals surface area contributed by atoms with E-state index in [4.69, 9.17) is 9.15 Å². The van der Waals surface area contributed by atoms with Crippen LogP contribution in [0.1, 0.15) is 27.8 Å². The molecule has 0 fully saturated rings. The normalized spacial score (nSPS) is 16.4. The molecule has 0 spiro atoms. The first-order chi connectivity index (χ1) is 12.2. The van der Waals surface area contributed by atoms with Gasteiger partial charge in [-0.3, -0.25) is 4.79 Å². The molecule has 1 aliphatic heterocycles. The fourth-order valence-corrected chi connectivity index (χ4v) is 2.99. The molecule has 0 saturated carbocycles. The van der Waals surface area contributed by atoms with Gasteiger partial charge in [0.15, 0.2) is 5.76 Å². The Morgan fingerprint density at radius 3 is 2.64 bits per heavy atom. The minimum absolute atomic E-state index is 0.192. The van der Waals surface area contributed by atoms with Crippen LogP contribution in [-0.2, 0) is 6.54 Å². The van der Waals surface area contributed by atoms with Gasteiger partial charge in [-0.15, -0.1) is 0 Å². The van der Waals surface area contributed by atoms with E-state index in [1.807, 2.05) is 54.6 Å². The molecule has 0 saturated heterocycles. The van der Waals surface area contributed by atoms with Gasteiger partial charge in [0.25, 0.3) is 11.9 Å². The second kappa shape index (κ2) is 6.45. The van der Waals surface area contributed by atoms with Gasteiger partial charge < -0.3 is 19.2 Å². The molecule has 0 bridgehead atoms. The van der Waals surface area contributed by atoms with Crippen molar-refractivity contribution in [1.82, 2.24) is 4.90 Å². The largest absolute Gasteiger partial charge is 0.426 e. The number of aliphatic hydroxyl groups is 1. The predicted octanol–water partition coefficient (Wildman–Crippen LogP) is 3.76. The molecule has 25 heavy (non-hydrogen) atoms. The zero-order valence-electron chi connectivity index (χ0n) is 13.5. The zero-order chi connectivity index (χ0) is 17.2. The van der Waals surface area contributed by atoms with Gasteiger partial charge >= 0.3 is 0 Å². The first kappa shape index (κ1) is 15.5. The summed E-state index contributed by atoms with van der Waals surface area (Å²) < 4.78 is 11.1. The number of ether oxygens (including phenoxy) is 1. The molecule has 5 nitrogen and oxygen atoms in total. The van der Waals surface area contributed by atoms with Crippen molar-refractivity contribution in [2.45, 2.75) is 12.6 Å². The summed E-state index contributed by atoms with van der Waals surface area (Å²) in [7, 11) is 0. The van der Waals surface area contributed by atoms with E-state index in [-0.39, 0.29) is 24.2 Å². The second-order valence-corrected chi connectivity index (χ2v) is 5.93. The van der Waals surface area contributed by atoms with Crippen LogP contribution in [0.2, 0.25) is 0 Å². The Balaban J connectivity index is 1.50. The third-order valence-corrected chi connectivity index (χ3v) is 4.21. The highest BCUT2D eigenvalue weighted by Gasteiger charge is 2.28. The maximum absolute atomic E-state index is 12.7. The van der Waals surface area contributed by atoms with Gasteiger partial charge in [0.1, 0.15) is 5.75 Å². The molecule has 4 rings (SSSR count). The summed E-state index contributed by atoms with van der Waals surface area (Å²) in [6.07, 6.45) is -0.691. The van der Waals surface area contributed by atoms with Crippen LogP contribution >= 0.6 is 0 Å². The van der Waals surface area contributed by atoms with Gasteiger partial charge in [0.2, 0.25) is 0 Å². The fraction of sp³-hybridized carbons (Fsp3) is 0.150. The number of nitrogens with zero attached hydrogens (tertiary/aromatic N) is 1. The molecule has 5 heteroatoms. The quantitative estimate of drug-likeness (QED) is 0.791. The summed E-state index contributed by atoms with van der Waals surface area (Å²) in [5, 5.41) is 10.3. The Morgan fingerprint density at radius 1 is 1.04 bits per heavy atom. The summed E-state index contributed by atoms with van der Waals surface area (Å²) in [4.78, 5) is 14.3. The van der Waals surface area contributed by atoms with E-state index in [2.05, 4.69) is 0 Å². The highest BCUT2D eigenvalue weighted by atomic mass is 16.6. The standard InChI is InChI=1S/C20H17NO4/c22-17-13-21(12-14-6-4-5-9-16(14)17)20(23)18-10-11-19(25-18)24-15-7-2-1-3-8-15/h1-11,17,22H,12-13H2/t17-/m0/s1. The number of para-hydroxylation sites is 1. The number of amides is 1. The molecule has 1 aliphatic rings. The van der Waals surface area contributed by atoms with E-state index >= 15 is 0 Å². The minimum atomic E-state index is -0.691. The van der Waals surface area contributed by atoms with Gasteiger partial charge in [-0.05, 0) is 29.3 Å². The first-order valence-electron chi connectivity index (χ1n) is 8.08. The molecule has 0 radical (unpaired) electrons. The lowest BCUT2D eigenvalue weighted by molar-refractivity contribution is 0.0518. The number of carbonyl (C=O) groups is 1. The highest BCUT2D eigenvalue weighted by molar-refractivity contribution is 5.91. The number of hydrogen-bond acceptors (Lipinski definition) is 4. The third kappa shape index (κ3) is 3.14. The Morgan fingerprint density at radius 2 is 1.80 bits per heavy atom. The Labute approximate surface area is 145 Å². The van der Waals surface area contributed by atoms with Crippen molar-refractivity contribution in [2.75, 3.05) is 6.54 Å². The first-order valence-corrected chi connectivity index (χ1v) is 8.08. The smallest absolute Gasteiger partial charge is 0.290 e. The molecule has 0 aliphatic carbocycles. The summed E-state index contributed by atoms with van der Waals surface area (Å²) in [5.41, 5.74) is 1.82. The van der Waals surface area contributed by atoms with Crippen molar-refractivity contribution >= 4 is 5.91 Å². The lowest BCUT2D eigenvalue weighted by atomic mass is 9.97. The summed E-state index contributed by atoms with van der Waals surface area (Å²) in [6.45, 7) is 0.688. The molecule has 1 atom stereocenters. The number of aliphatic hydroxyl groups excluding tert-OH is 1. The average molecular weight is 335 g/mol. The number of β-amino-alcohol motifs (C(OH)–C–C–N with tert-alkyl or cyclic N) is 1. The van der Waals surface area contributed by atoms with Crippen LogP contribution < -0.4 is 4.74 Å². The molecule has 1 N–H and O–H groups in total. The maximum Gasteiger partial charge on any atom is 0.290 e. The molecular formula is C20H17NO4. The van der Waals surface area contributed by atoms with Crippen molar-refractivity contribution in [1.29, 1.82) is 0 Å². The van der Waals surface area contributed by atoms with Crippen LogP contribution in [0.25, 0.3) is 0 Å². The highest BCUT2D eigenvalue weighted by Crippen LogP contribution is 2.29. The van der Waals surface area contributed by atoms with E-state index in [1.165, 1.54) is 0 Å². The van der Waals surface area contributed by atoms with Crippen molar-refractivity contribution in [3.05, 3.63) is 83.6 Å². The van der Waals surface area contributed by atoms with E-state index in [9.17, 15) is 9.90 Å². The zero-order valence-corrected chi connectivity index (χ0v) is 13.5. The van der Waals surface area contributed by atoms with Gasteiger partial charge in [-0.1, -0.05) is 42.5 Å². The lowest BCUT2D eigenvalue weighted by Crippen LogP contribution is -2.38. The minimum Gasteiger partial charge on any atom is -0.426 e. The van der Waals surface area contributed by atoms with Crippen molar-refractivity contribution in [3.63, 3.8) is 0 Å². The lowest BCUT2D eigenvalue weighted by Gasteiger charge is -2.31.